The average Bonchev–Trinajstić information content (AvgIpc) is 2.82. The van der Waals surface area contributed by atoms with Gasteiger partial charge in [-0.25, -0.2) is 9.67 Å². The monoisotopic (exact) mass is 275 g/mol. The molecule has 0 bridgehead atoms. The van der Waals surface area contributed by atoms with E-state index in [-0.39, 0.29) is 0 Å². The van der Waals surface area contributed by atoms with Crippen molar-refractivity contribution in [3.8, 4) is 5.75 Å². The van der Waals surface area contributed by atoms with Gasteiger partial charge in [0.2, 0.25) is 0 Å². The minimum atomic E-state index is -0.789. The van der Waals surface area contributed by atoms with Crippen LogP contribution in [-0.2, 0) is 19.4 Å². The summed E-state index contributed by atoms with van der Waals surface area (Å²) in [5.74, 6) is 1.75. The molecule has 0 aliphatic carbocycles. The van der Waals surface area contributed by atoms with Crippen LogP contribution in [0, 0.1) is 0 Å². The fourth-order valence-corrected chi connectivity index (χ4v) is 2.03. The summed E-state index contributed by atoms with van der Waals surface area (Å²) in [5, 5.41) is 14.0. The Labute approximate surface area is 119 Å². The molecular formula is C15H21N3O2. The Kier molecular flexibility index (Phi) is 4.39. The number of ether oxygens (including phenoxy) is 1. The van der Waals surface area contributed by atoms with Gasteiger partial charge in [-0.3, -0.25) is 0 Å². The molecule has 5 nitrogen and oxygen atoms in total. The van der Waals surface area contributed by atoms with Crippen LogP contribution in [0.2, 0.25) is 0 Å². The van der Waals surface area contributed by atoms with Gasteiger partial charge in [-0.05, 0) is 38.0 Å². The molecule has 0 aliphatic heterocycles. The third-order valence-electron chi connectivity index (χ3n) is 3.03. The SMILES string of the molecule is COc1ccc(CCc2ncnn2CC(C)(C)O)cc1. The van der Waals surface area contributed by atoms with Crippen molar-refractivity contribution in [2.75, 3.05) is 7.11 Å². The van der Waals surface area contributed by atoms with Crippen LogP contribution >= 0.6 is 0 Å². The van der Waals surface area contributed by atoms with E-state index in [0.29, 0.717) is 6.54 Å². The van der Waals surface area contributed by atoms with Gasteiger partial charge in [0.05, 0.1) is 19.3 Å². The Morgan fingerprint density at radius 3 is 2.50 bits per heavy atom. The predicted molar refractivity (Wildman–Crippen MR) is 76.7 cm³/mol. The molecule has 20 heavy (non-hydrogen) atoms. The molecule has 1 N–H and O–H groups in total. The second-order valence-electron chi connectivity index (χ2n) is 5.49. The van der Waals surface area contributed by atoms with Crippen molar-refractivity contribution in [2.24, 2.45) is 0 Å². The summed E-state index contributed by atoms with van der Waals surface area (Å²) in [6.45, 7) is 3.98. The van der Waals surface area contributed by atoms with Crippen molar-refractivity contribution in [1.82, 2.24) is 14.8 Å². The molecule has 1 heterocycles. The van der Waals surface area contributed by atoms with Gasteiger partial charge >= 0.3 is 0 Å². The molecule has 2 rings (SSSR count). The van der Waals surface area contributed by atoms with Crippen LogP contribution in [0.3, 0.4) is 0 Å². The number of aliphatic hydroxyl groups is 1. The number of rotatable bonds is 6. The van der Waals surface area contributed by atoms with Gasteiger partial charge in [0.25, 0.3) is 0 Å². The zero-order chi connectivity index (χ0) is 14.6. The Bertz CT molecular complexity index is 541. The summed E-state index contributed by atoms with van der Waals surface area (Å²) in [4.78, 5) is 4.27. The number of methoxy groups -OCH3 is 1. The first-order valence-corrected chi connectivity index (χ1v) is 6.70. The van der Waals surface area contributed by atoms with Crippen LogP contribution in [0.5, 0.6) is 5.75 Å². The highest BCUT2D eigenvalue weighted by molar-refractivity contribution is 5.27. The second-order valence-corrected chi connectivity index (χ2v) is 5.49. The smallest absolute Gasteiger partial charge is 0.138 e. The fourth-order valence-electron chi connectivity index (χ4n) is 2.03. The normalized spacial score (nSPS) is 11.6. The van der Waals surface area contributed by atoms with Crippen LogP contribution < -0.4 is 4.74 Å². The largest absolute Gasteiger partial charge is 0.497 e. The van der Waals surface area contributed by atoms with E-state index in [0.717, 1.165) is 24.4 Å². The maximum Gasteiger partial charge on any atom is 0.138 e. The lowest BCUT2D eigenvalue weighted by Crippen LogP contribution is -2.28. The summed E-state index contributed by atoms with van der Waals surface area (Å²) in [5.41, 5.74) is 0.436. The Balaban J connectivity index is 1.98. The van der Waals surface area contributed by atoms with E-state index in [1.807, 2.05) is 12.1 Å². The zero-order valence-electron chi connectivity index (χ0n) is 12.2. The van der Waals surface area contributed by atoms with Crippen molar-refractivity contribution in [3.63, 3.8) is 0 Å². The van der Waals surface area contributed by atoms with E-state index >= 15 is 0 Å². The molecule has 1 aromatic carbocycles. The van der Waals surface area contributed by atoms with Gasteiger partial charge in [-0.15, -0.1) is 0 Å². The molecule has 0 saturated heterocycles. The van der Waals surface area contributed by atoms with E-state index < -0.39 is 5.60 Å². The third kappa shape index (κ3) is 4.06. The summed E-state index contributed by atoms with van der Waals surface area (Å²) in [6, 6.07) is 8.01. The third-order valence-corrected chi connectivity index (χ3v) is 3.03. The molecular weight excluding hydrogens is 254 g/mol. The van der Waals surface area contributed by atoms with Crippen molar-refractivity contribution >= 4 is 0 Å². The van der Waals surface area contributed by atoms with Crippen molar-refractivity contribution in [3.05, 3.63) is 42.0 Å². The van der Waals surface area contributed by atoms with E-state index in [1.165, 1.54) is 11.9 Å². The molecule has 0 amide bonds. The van der Waals surface area contributed by atoms with Crippen molar-refractivity contribution < 1.29 is 9.84 Å². The van der Waals surface area contributed by atoms with Crippen molar-refractivity contribution in [2.45, 2.75) is 38.8 Å². The standard InChI is InChI=1S/C15H21N3O2/c1-15(2,19)10-18-14(16-11-17-18)9-6-12-4-7-13(20-3)8-5-12/h4-5,7-8,11,19H,6,9-10H2,1-3H3. The van der Waals surface area contributed by atoms with Gasteiger partial charge in [-0.1, -0.05) is 12.1 Å². The van der Waals surface area contributed by atoms with Crippen LogP contribution in [-0.4, -0.2) is 32.6 Å². The van der Waals surface area contributed by atoms with Gasteiger partial charge in [0.1, 0.15) is 17.9 Å². The highest BCUT2D eigenvalue weighted by Crippen LogP contribution is 2.13. The maximum atomic E-state index is 9.85. The molecule has 2 aromatic rings. The van der Waals surface area contributed by atoms with Crippen LogP contribution in [0.25, 0.3) is 0 Å². The topological polar surface area (TPSA) is 60.2 Å². The molecule has 0 spiro atoms. The van der Waals surface area contributed by atoms with Crippen LogP contribution in [0.4, 0.5) is 0 Å². The lowest BCUT2D eigenvalue weighted by Gasteiger charge is -2.17. The first kappa shape index (κ1) is 14.5. The molecule has 1 aromatic heterocycles. The van der Waals surface area contributed by atoms with E-state index in [4.69, 9.17) is 4.74 Å². The Morgan fingerprint density at radius 1 is 1.20 bits per heavy atom. The number of benzene rings is 1. The van der Waals surface area contributed by atoms with Gasteiger partial charge in [0.15, 0.2) is 0 Å². The molecule has 0 aliphatic rings. The summed E-state index contributed by atoms with van der Waals surface area (Å²) in [6.07, 6.45) is 3.21. The number of aryl methyl sites for hydroxylation is 2. The Hall–Kier alpha value is -1.88. The number of hydrogen-bond donors (Lipinski definition) is 1. The van der Waals surface area contributed by atoms with Crippen LogP contribution in [0.15, 0.2) is 30.6 Å². The minimum absolute atomic E-state index is 0.449. The minimum Gasteiger partial charge on any atom is -0.497 e. The Morgan fingerprint density at radius 2 is 1.90 bits per heavy atom. The number of nitrogens with zero attached hydrogens (tertiary/aromatic N) is 3. The number of aromatic nitrogens is 3. The molecule has 108 valence electrons. The lowest BCUT2D eigenvalue weighted by atomic mass is 10.1. The van der Waals surface area contributed by atoms with E-state index in [9.17, 15) is 5.11 Å². The number of hydrogen-bond acceptors (Lipinski definition) is 4. The molecule has 0 unspecified atom stereocenters. The highest BCUT2D eigenvalue weighted by Gasteiger charge is 2.16. The van der Waals surface area contributed by atoms with Gasteiger partial charge < -0.3 is 9.84 Å². The first-order chi connectivity index (χ1) is 9.48. The molecule has 0 radical (unpaired) electrons. The average molecular weight is 275 g/mol. The van der Waals surface area contributed by atoms with Gasteiger partial charge in [0, 0.05) is 6.42 Å². The predicted octanol–water partition coefficient (Wildman–Crippen LogP) is 1.84. The highest BCUT2D eigenvalue weighted by atomic mass is 16.5. The van der Waals surface area contributed by atoms with Crippen LogP contribution in [0.1, 0.15) is 25.2 Å². The first-order valence-electron chi connectivity index (χ1n) is 6.70. The fraction of sp³-hybridized carbons (Fsp3) is 0.467. The molecule has 0 atom stereocenters. The zero-order valence-corrected chi connectivity index (χ0v) is 12.2. The second kappa shape index (κ2) is 6.05. The summed E-state index contributed by atoms with van der Waals surface area (Å²) in [7, 11) is 1.66. The quantitative estimate of drug-likeness (QED) is 0.874. The van der Waals surface area contributed by atoms with Gasteiger partial charge in [-0.2, -0.15) is 5.10 Å². The maximum absolute atomic E-state index is 9.85. The molecule has 5 heteroatoms. The molecule has 0 saturated carbocycles. The van der Waals surface area contributed by atoms with E-state index in [2.05, 4.69) is 22.2 Å². The van der Waals surface area contributed by atoms with Crippen molar-refractivity contribution in [1.29, 1.82) is 0 Å². The van der Waals surface area contributed by atoms with E-state index in [1.54, 1.807) is 25.6 Å². The summed E-state index contributed by atoms with van der Waals surface area (Å²) >= 11 is 0. The lowest BCUT2D eigenvalue weighted by molar-refractivity contribution is 0.0566. The molecule has 0 fully saturated rings. The summed E-state index contributed by atoms with van der Waals surface area (Å²) < 4.78 is 6.91.